The summed E-state index contributed by atoms with van der Waals surface area (Å²) >= 11 is 3.50. The third-order valence-electron chi connectivity index (χ3n) is 2.52. The van der Waals surface area contributed by atoms with Crippen LogP contribution in [0.3, 0.4) is 0 Å². The Bertz CT molecular complexity index is 550. The monoisotopic (exact) mass is 290 g/mol. The van der Waals surface area contributed by atoms with Crippen molar-refractivity contribution in [2.75, 3.05) is 7.11 Å². The van der Waals surface area contributed by atoms with E-state index < -0.39 is 0 Å². The van der Waals surface area contributed by atoms with Gasteiger partial charge in [-0.25, -0.2) is 0 Å². The SMILES string of the molecule is COc1ccc(C=O)cc1-c1ccccc1Br. The number of methoxy groups -OCH3 is 1. The van der Waals surface area contributed by atoms with Gasteiger partial charge in [0.15, 0.2) is 0 Å². The van der Waals surface area contributed by atoms with Crippen molar-refractivity contribution >= 4 is 22.2 Å². The molecule has 0 heterocycles. The fourth-order valence-corrected chi connectivity index (χ4v) is 2.19. The molecule has 0 radical (unpaired) electrons. The Kier molecular flexibility index (Phi) is 3.59. The standard InChI is InChI=1S/C14H11BrO2/c1-17-14-7-6-10(9-16)8-12(14)11-4-2-3-5-13(11)15/h2-9H,1H3. The molecule has 0 spiro atoms. The van der Waals surface area contributed by atoms with Crippen LogP contribution < -0.4 is 4.74 Å². The third kappa shape index (κ3) is 2.39. The van der Waals surface area contributed by atoms with Crippen LogP contribution in [0.25, 0.3) is 11.1 Å². The number of ether oxygens (including phenoxy) is 1. The lowest BCUT2D eigenvalue weighted by Gasteiger charge is -2.10. The Morgan fingerprint density at radius 1 is 1.12 bits per heavy atom. The number of benzene rings is 2. The quantitative estimate of drug-likeness (QED) is 0.801. The normalized spacial score (nSPS) is 10.0. The molecule has 0 amide bonds. The lowest BCUT2D eigenvalue weighted by Crippen LogP contribution is -1.91. The van der Waals surface area contributed by atoms with E-state index in [2.05, 4.69) is 15.9 Å². The summed E-state index contributed by atoms with van der Waals surface area (Å²) in [5.74, 6) is 0.752. The second kappa shape index (κ2) is 5.15. The Balaban J connectivity index is 2.64. The predicted octanol–water partition coefficient (Wildman–Crippen LogP) is 3.94. The zero-order valence-corrected chi connectivity index (χ0v) is 10.9. The van der Waals surface area contributed by atoms with E-state index in [-0.39, 0.29) is 0 Å². The van der Waals surface area contributed by atoms with E-state index in [1.807, 2.05) is 30.3 Å². The molecule has 0 aliphatic carbocycles. The lowest BCUT2D eigenvalue weighted by atomic mass is 10.0. The first-order valence-electron chi connectivity index (χ1n) is 5.14. The maximum atomic E-state index is 10.8. The highest BCUT2D eigenvalue weighted by Gasteiger charge is 2.09. The van der Waals surface area contributed by atoms with Crippen molar-refractivity contribution in [2.45, 2.75) is 0 Å². The molecule has 0 N–H and O–H groups in total. The van der Waals surface area contributed by atoms with Crippen molar-refractivity contribution in [1.82, 2.24) is 0 Å². The summed E-state index contributed by atoms with van der Waals surface area (Å²) < 4.78 is 6.29. The van der Waals surface area contributed by atoms with Gasteiger partial charge < -0.3 is 4.74 Å². The Morgan fingerprint density at radius 2 is 1.88 bits per heavy atom. The van der Waals surface area contributed by atoms with Gasteiger partial charge in [0.2, 0.25) is 0 Å². The molecular formula is C14H11BrO2. The van der Waals surface area contributed by atoms with Gasteiger partial charge >= 0.3 is 0 Å². The molecular weight excluding hydrogens is 280 g/mol. The van der Waals surface area contributed by atoms with Gasteiger partial charge in [-0.15, -0.1) is 0 Å². The third-order valence-corrected chi connectivity index (χ3v) is 3.22. The molecule has 0 aliphatic heterocycles. The molecule has 0 fully saturated rings. The number of aldehydes is 1. The Morgan fingerprint density at radius 3 is 2.53 bits per heavy atom. The lowest BCUT2D eigenvalue weighted by molar-refractivity contribution is 0.112. The highest BCUT2D eigenvalue weighted by Crippen LogP contribution is 2.35. The number of hydrogen-bond donors (Lipinski definition) is 0. The van der Waals surface area contributed by atoms with Crippen LogP contribution in [0.15, 0.2) is 46.9 Å². The van der Waals surface area contributed by atoms with E-state index in [1.54, 1.807) is 19.2 Å². The van der Waals surface area contributed by atoms with Crippen molar-refractivity contribution in [3.8, 4) is 16.9 Å². The summed E-state index contributed by atoms with van der Waals surface area (Å²) in [5.41, 5.74) is 2.55. The largest absolute Gasteiger partial charge is 0.496 e. The molecule has 0 bridgehead atoms. The highest BCUT2D eigenvalue weighted by molar-refractivity contribution is 9.10. The predicted molar refractivity (Wildman–Crippen MR) is 71.5 cm³/mol. The molecule has 17 heavy (non-hydrogen) atoms. The molecule has 0 saturated heterocycles. The molecule has 2 nitrogen and oxygen atoms in total. The molecule has 0 aliphatic rings. The van der Waals surface area contributed by atoms with Gasteiger partial charge in [-0.1, -0.05) is 34.1 Å². The fourth-order valence-electron chi connectivity index (χ4n) is 1.69. The smallest absolute Gasteiger partial charge is 0.150 e. The zero-order valence-electron chi connectivity index (χ0n) is 9.31. The van der Waals surface area contributed by atoms with Crippen LogP contribution in [-0.2, 0) is 0 Å². The number of hydrogen-bond acceptors (Lipinski definition) is 2. The molecule has 0 atom stereocenters. The number of rotatable bonds is 3. The first-order valence-corrected chi connectivity index (χ1v) is 5.93. The van der Waals surface area contributed by atoms with E-state index >= 15 is 0 Å². The van der Waals surface area contributed by atoms with Crippen molar-refractivity contribution in [3.63, 3.8) is 0 Å². The van der Waals surface area contributed by atoms with Crippen LogP contribution in [0, 0.1) is 0 Å². The molecule has 2 aromatic carbocycles. The van der Waals surface area contributed by atoms with E-state index in [0.29, 0.717) is 5.56 Å². The van der Waals surface area contributed by atoms with E-state index in [4.69, 9.17) is 4.74 Å². The van der Waals surface area contributed by atoms with E-state index in [1.165, 1.54) is 0 Å². The van der Waals surface area contributed by atoms with Crippen LogP contribution in [0.4, 0.5) is 0 Å². The topological polar surface area (TPSA) is 26.3 Å². The summed E-state index contributed by atoms with van der Waals surface area (Å²) in [6.07, 6.45) is 0.833. The summed E-state index contributed by atoms with van der Waals surface area (Å²) in [6, 6.07) is 13.2. The maximum Gasteiger partial charge on any atom is 0.150 e. The minimum atomic E-state index is 0.636. The number of halogens is 1. The van der Waals surface area contributed by atoms with E-state index in [0.717, 1.165) is 27.6 Å². The van der Waals surface area contributed by atoms with Gasteiger partial charge in [-0.05, 0) is 29.8 Å². The van der Waals surface area contributed by atoms with Gasteiger partial charge in [0, 0.05) is 15.6 Å². The molecule has 0 aromatic heterocycles. The first kappa shape index (κ1) is 11.9. The van der Waals surface area contributed by atoms with Gasteiger partial charge in [0.25, 0.3) is 0 Å². The highest BCUT2D eigenvalue weighted by atomic mass is 79.9. The minimum absolute atomic E-state index is 0.636. The van der Waals surface area contributed by atoms with Crippen LogP contribution in [-0.4, -0.2) is 13.4 Å². The van der Waals surface area contributed by atoms with Crippen LogP contribution >= 0.6 is 15.9 Å². The Hall–Kier alpha value is -1.61. The number of carbonyl (C=O) groups excluding carboxylic acids is 1. The van der Waals surface area contributed by atoms with Crippen molar-refractivity contribution < 1.29 is 9.53 Å². The summed E-state index contributed by atoms with van der Waals surface area (Å²) in [5, 5.41) is 0. The van der Waals surface area contributed by atoms with Gasteiger partial charge in [-0.2, -0.15) is 0 Å². The summed E-state index contributed by atoms with van der Waals surface area (Å²) in [4.78, 5) is 10.8. The van der Waals surface area contributed by atoms with Crippen molar-refractivity contribution in [3.05, 3.63) is 52.5 Å². The summed E-state index contributed by atoms with van der Waals surface area (Å²) in [7, 11) is 1.62. The number of carbonyl (C=O) groups is 1. The second-order valence-electron chi connectivity index (χ2n) is 3.56. The Labute approximate surface area is 108 Å². The van der Waals surface area contributed by atoms with Crippen LogP contribution in [0.2, 0.25) is 0 Å². The molecule has 2 rings (SSSR count). The minimum Gasteiger partial charge on any atom is -0.496 e. The first-order chi connectivity index (χ1) is 8.26. The fraction of sp³-hybridized carbons (Fsp3) is 0.0714. The molecule has 0 unspecified atom stereocenters. The average Bonchev–Trinajstić information content (AvgIpc) is 2.38. The second-order valence-corrected chi connectivity index (χ2v) is 4.41. The molecule has 0 saturated carbocycles. The van der Waals surface area contributed by atoms with Crippen molar-refractivity contribution in [2.24, 2.45) is 0 Å². The molecule has 3 heteroatoms. The zero-order chi connectivity index (χ0) is 12.3. The van der Waals surface area contributed by atoms with Gasteiger partial charge in [0.05, 0.1) is 7.11 Å². The molecule has 86 valence electrons. The van der Waals surface area contributed by atoms with Crippen molar-refractivity contribution in [1.29, 1.82) is 0 Å². The van der Waals surface area contributed by atoms with Gasteiger partial charge in [0.1, 0.15) is 12.0 Å². The van der Waals surface area contributed by atoms with Gasteiger partial charge in [-0.3, -0.25) is 4.79 Å². The average molecular weight is 291 g/mol. The maximum absolute atomic E-state index is 10.8. The van der Waals surface area contributed by atoms with Crippen LogP contribution in [0.1, 0.15) is 10.4 Å². The summed E-state index contributed by atoms with van der Waals surface area (Å²) in [6.45, 7) is 0. The molecule has 2 aromatic rings. The van der Waals surface area contributed by atoms with E-state index in [9.17, 15) is 4.79 Å². The van der Waals surface area contributed by atoms with Crippen LogP contribution in [0.5, 0.6) is 5.75 Å².